The van der Waals surface area contributed by atoms with Crippen LogP contribution in [-0.4, -0.2) is 72.6 Å². The molecule has 6 heteroatoms. The summed E-state index contributed by atoms with van der Waals surface area (Å²) in [4.78, 5) is 26.2. The molecule has 2 fully saturated rings. The van der Waals surface area contributed by atoms with Crippen molar-refractivity contribution in [3.05, 3.63) is 0 Å². The van der Waals surface area contributed by atoms with Crippen molar-refractivity contribution in [2.24, 2.45) is 5.92 Å². The molecule has 2 amide bonds. The van der Waals surface area contributed by atoms with E-state index in [1.807, 2.05) is 0 Å². The van der Waals surface area contributed by atoms with Crippen molar-refractivity contribution < 1.29 is 14.7 Å². The second-order valence-electron chi connectivity index (χ2n) is 4.63. The minimum atomic E-state index is -0.534. The maximum atomic E-state index is 12.2. The summed E-state index contributed by atoms with van der Waals surface area (Å²) in [5.41, 5.74) is 0. The Balaban J connectivity index is 1.89. The van der Waals surface area contributed by atoms with Crippen LogP contribution >= 0.6 is 0 Å². The Morgan fingerprint density at radius 2 is 2.00 bits per heavy atom. The molecule has 0 spiro atoms. The van der Waals surface area contributed by atoms with Gasteiger partial charge >= 0.3 is 0 Å². The van der Waals surface area contributed by atoms with E-state index in [-0.39, 0.29) is 11.8 Å². The average molecular weight is 241 g/mol. The van der Waals surface area contributed by atoms with E-state index >= 15 is 0 Å². The number of piperidine rings is 1. The highest BCUT2D eigenvalue weighted by molar-refractivity contribution is 5.80. The van der Waals surface area contributed by atoms with Crippen LogP contribution in [0.3, 0.4) is 0 Å². The predicted molar refractivity (Wildman–Crippen MR) is 61.2 cm³/mol. The lowest BCUT2D eigenvalue weighted by Gasteiger charge is -2.37. The van der Waals surface area contributed by atoms with Gasteiger partial charge in [0, 0.05) is 32.7 Å². The van der Waals surface area contributed by atoms with Gasteiger partial charge < -0.3 is 20.2 Å². The second-order valence-corrected chi connectivity index (χ2v) is 4.63. The number of piperazine rings is 1. The Kier molecular flexibility index (Phi) is 3.96. The lowest BCUT2D eigenvalue weighted by atomic mass is 9.94. The first-order valence-corrected chi connectivity index (χ1v) is 6.09. The first-order chi connectivity index (χ1) is 8.22. The molecule has 0 saturated carbocycles. The number of carbonyl (C=O) groups is 2. The molecule has 0 aliphatic carbocycles. The van der Waals surface area contributed by atoms with E-state index in [1.54, 1.807) is 9.80 Å². The van der Waals surface area contributed by atoms with Crippen LogP contribution in [-0.2, 0) is 9.59 Å². The van der Waals surface area contributed by atoms with Crippen LogP contribution < -0.4 is 5.32 Å². The Hall–Kier alpha value is -1.14. The van der Waals surface area contributed by atoms with Crippen LogP contribution in [0.25, 0.3) is 0 Å². The molecule has 2 saturated heterocycles. The van der Waals surface area contributed by atoms with Gasteiger partial charge in [0.15, 0.2) is 0 Å². The molecule has 0 aromatic rings. The largest absolute Gasteiger partial charge is 0.392 e. The molecule has 2 unspecified atom stereocenters. The first kappa shape index (κ1) is 12.3. The molecular weight excluding hydrogens is 222 g/mol. The normalized spacial score (nSPS) is 30.2. The molecule has 17 heavy (non-hydrogen) atoms. The third-order valence-electron chi connectivity index (χ3n) is 3.54. The highest BCUT2D eigenvalue weighted by atomic mass is 16.3. The Morgan fingerprint density at radius 1 is 1.29 bits per heavy atom. The standard InChI is InChI=1S/C11H19N3O3/c15-8-13-3-5-14(6-4-13)11(17)9-7-12-2-1-10(9)16/h8-10,12,16H,1-7H2. The van der Waals surface area contributed by atoms with Crippen LogP contribution in [0, 0.1) is 5.92 Å². The topological polar surface area (TPSA) is 72.9 Å². The average Bonchev–Trinajstić information content (AvgIpc) is 2.39. The molecule has 0 bridgehead atoms. The van der Waals surface area contributed by atoms with E-state index in [0.717, 1.165) is 13.0 Å². The van der Waals surface area contributed by atoms with Crippen molar-refractivity contribution in [1.29, 1.82) is 0 Å². The summed E-state index contributed by atoms with van der Waals surface area (Å²) < 4.78 is 0. The highest BCUT2D eigenvalue weighted by Crippen LogP contribution is 2.15. The number of nitrogens with one attached hydrogen (secondary N) is 1. The fourth-order valence-corrected chi connectivity index (χ4v) is 2.38. The van der Waals surface area contributed by atoms with Crippen molar-refractivity contribution in [3.63, 3.8) is 0 Å². The smallest absolute Gasteiger partial charge is 0.229 e. The van der Waals surface area contributed by atoms with Gasteiger partial charge in [0.25, 0.3) is 0 Å². The van der Waals surface area contributed by atoms with Gasteiger partial charge in [-0.2, -0.15) is 0 Å². The Morgan fingerprint density at radius 3 is 2.59 bits per heavy atom. The van der Waals surface area contributed by atoms with E-state index in [9.17, 15) is 14.7 Å². The number of hydrogen-bond donors (Lipinski definition) is 2. The summed E-state index contributed by atoms with van der Waals surface area (Å²) in [6.45, 7) is 3.64. The molecule has 96 valence electrons. The van der Waals surface area contributed by atoms with Gasteiger partial charge in [-0.1, -0.05) is 0 Å². The molecule has 2 rings (SSSR count). The number of amides is 2. The lowest BCUT2D eigenvalue weighted by Crippen LogP contribution is -2.54. The molecule has 0 aromatic carbocycles. The van der Waals surface area contributed by atoms with Crippen LogP contribution in [0.4, 0.5) is 0 Å². The van der Waals surface area contributed by atoms with E-state index in [2.05, 4.69) is 5.32 Å². The number of aliphatic hydroxyl groups is 1. The van der Waals surface area contributed by atoms with Gasteiger partial charge in [0.05, 0.1) is 12.0 Å². The third kappa shape index (κ3) is 2.76. The summed E-state index contributed by atoms with van der Waals surface area (Å²) >= 11 is 0. The van der Waals surface area contributed by atoms with Crippen molar-refractivity contribution >= 4 is 12.3 Å². The quantitative estimate of drug-likeness (QED) is 0.563. The fraction of sp³-hybridized carbons (Fsp3) is 0.818. The molecular formula is C11H19N3O3. The zero-order chi connectivity index (χ0) is 12.3. The zero-order valence-electron chi connectivity index (χ0n) is 9.84. The van der Waals surface area contributed by atoms with E-state index in [1.165, 1.54) is 0 Å². The van der Waals surface area contributed by atoms with Crippen molar-refractivity contribution in [2.45, 2.75) is 12.5 Å². The first-order valence-electron chi connectivity index (χ1n) is 6.09. The van der Waals surface area contributed by atoms with Crippen LogP contribution in [0.5, 0.6) is 0 Å². The minimum Gasteiger partial charge on any atom is -0.392 e. The van der Waals surface area contributed by atoms with Crippen LogP contribution in [0.2, 0.25) is 0 Å². The number of aliphatic hydroxyl groups excluding tert-OH is 1. The highest BCUT2D eigenvalue weighted by Gasteiger charge is 2.33. The summed E-state index contributed by atoms with van der Waals surface area (Å²) in [6, 6.07) is 0. The van der Waals surface area contributed by atoms with E-state index in [4.69, 9.17) is 0 Å². The van der Waals surface area contributed by atoms with Gasteiger partial charge in [0.2, 0.25) is 12.3 Å². The number of hydrogen-bond acceptors (Lipinski definition) is 4. The summed E-state index contributed by atoms with van der Waals surface area (Å²) in [5, 5.41) is 12.9. The third-order valence-corrected chi connectivity index (χ3v) is 3.54. The van der Waals surface area contributed by atoms with Crippen molar-refractivity contribution in [3.8, 4) is 0 Å². The van der Waals surface area contributed by atoms with Gasteiger partial charge in [-0.15, -0.1) is 0 Å². The maximum Gasteiger partial charge on any atom is 0.229 e. The molecule has 6 nitrogen and oxygen atoms in total. The number of carbonyl (C=O) groups excluding carboxylic acids is 2. The fourth-order valence-electron chi connectivity index (χ4n) is 2.38. The van der Waals surface area contributed by atoms with Gasteiger partial charge in [-0.3, -0.25) is 9.59 Å². The summed E-state index contributed by atoms with van der Waals surface area (Å²) in [5.74, 6) is -0.318. The van der Waals surface area contributed by atoms with E-state index < -0.39 is 6.10 Å². The molecule has 2 aliphatic rings. The second kappa shape index (κ2) is 5.46. The molecule has 2 heterocycles. The van der Waals surface area contributed by atoms with Gasteiger partial charge in [-0.25, -0.2) is 0 Å². The molecule has 2 atom stereocenters. The van der Waals surface area contributed by atoms with Crippen LogP contribution in [0.15, 0.2) is 0 Å². The maximum absolute atomic E-state index is 12.2. The van der Waals surface area contributed by atoms with Gasteiger partial charge in [0.1, 0.15) is 0 Å². The SMILES string of the molecule is O=CN1CCN(C(=O)C2CNCCC2O)CC1. The number of rotatable bonds is 2. The Bertz CT molecular complexity index is 290. The summed E-state index contributed by atoms with van der Waals surface area (Å²) in [7, 11) is 0. The number of nitrogens with zero attached hydrogens (tertiary/aromatic N) is 2. The minimum absolute atomic E-state index is 0.00949. The van der Waals surface area contributed by atoms with Crippen molar-refractivity contribution in [2.75, 3.05) is 39.3 Å². The summed E-state index contributed by atoms with van der Waals surface area (Å²) in [6.07, 6.45) is 0.914. The lowest BCUT2D eigenvalue weighted by molar-refractivity contribution is -0.143. The monoisotopic (exact) mass is 241 g/mol. The molecule has 0 radical (unpaired) electrons. The zero-order valence-corrected chi connectivity index (χ0v) is 9.84. The Labute approximate surface area is 101 Å². The van der Waals surface area contributed by atoms with Gasteiger partial charge in [-0.05, 0) is 13.0 Å². The molecule has 2 N–H and O–H groups in total. The molecule has 0 aromatic heterocycles. The molecule has 2 aliphatic heterocycles. The van der Waals surface area contributed by atoms with Crippen LogP contribution in [0.1, 0.15) is 6.42 Å². The predicted octanol–water partition coefficient (Wildman–Crippen LogP) is -1.74. The van der Waals surface area contributed by atoms with E-state index in [0.29, 0.717) is 39.1 Å². The van der Waals surface area contributed by atoms with Crippen molar-refractivity contribution in [1.82, 2.24) is 15.1 Å².